The summed E-state index contributed by atoms with van der Waals surface area (Å²) in [6.45, 7) is 1.76. The van der Waals surface area contributed by atoms with Crippen molar-refractivity contribution >= 4 is 35.1 Å². The van der Waals surface area contributed by atoms with Gasteiger partial charge in [-0.15, -0.1) is 11.8 Å². The fourth-order valence-electron chi connectivity index (χ4n) is 2.73. The highest BCUT2D eigenvalue weighted by molar-refractivity contribution is 7.98. The van der Waals surface area contributed by atoms with Crippen molar-refractivity contribution in [2.75, 3.05) is 10.6 Å². The number of rotatable bonds is 7. The Morgan fingerprint density at radius 3 is 2.43 bits per heavy atom. The Morgan fingerprint density at radius 1 is 1.07 bits per heavy atom. The standard InChI is InChI=1S/C21H21N5O3S/c1-13-22-19(29-26-13)12-30-18-5-3-2-4-17(18)20(27)23-14-6-8-15(9-7-14)24-21(28)25-16-10-11-16/h2-9,16H,10-12H2,1H3,(H,23,27)(H2,24,25,28). The first-order chi connectivity index (χ1) is 14.6. The molecule has 1 fully saturated rings. The van der Waals surface area contributed by atoms with E-state index in [-0.39, 0.29) is 11.9 Å². The SMILES string of the molecule is Cc1noc(CSc2ccccc2C(=O)Nc2ccc(NC(=O)NC3CC3)cc2)n1. The molecular formula is C21H21N5O3S. The van der Waals surface area contributed by atoms with Crippen LogP contribution in [0.1, 0.15) is 34.9 Å². The van der Waals surface area contributed by atoms with Crippen LogP contribution in [0.5, 0.6) is 0 Å². The second kappa shape index (κ2) is 9.00. The Balaban J connectivity index is 1.36. The number of anilines is 2. The minimum atomic E-state index is -0.216. The van der Waals surface area contributed by atoms with E-state index in [1.807, 2.05) is 18.2 Å². The van der Waals surface area contributed by atoms with E-state index >= 15 is 0 Å². The molecule has 9 heteroatoms. The molecule has 0 aliphatic heterocycles. The van der Waals surface area contributed by atoms with Gasteiger partial charge in [0.05, 0.1) is 11.3 Å². The minimum absolute atomic E-state index is 0.211. The Kier molecular flexibility index (Phi) is 5.99. The zero-order valence-corrected chi connectivity index (χ0v) is 17.2. The Labute approximate surface area is 177 Å². The molecule has 1 heterocycles. The normalized spacial score (nSPS) is 13.0. The van der Waals surface area contributed by atoms with Gasteiger partial charge in [0.1, 0.15) is 0 Å². The van der Waals surface area contributed by atoms with Gasteiger partial charge in [-0.05, 0) is 56.2 Å². The third-order valence-corrected chi connectivity index (χ3v) is 5.42. The average molecular weight is 423 g/mol. The third kappa shape index (κ3) is 5.38. The van der Waals surface area contributed by atoms with E-state index in [0.29, 0.717) is 40.4 Å². The summed E-state index contributed by atoms with van der Waals surface area (Å²) in [4.78, 5) is 29.6. The molecule has 1 saturated carbocycles. The Hall–Kier alpha value is -3.33. The number of benzene rings is 2. The molecule has 8 nitrogen and oxygen atoms in total. The van der Waals surface area contributed by atoms with E-state index in [9.17, 15) is 9.59 Å². The lowest BCUT2D eigenvalue weighted by Crippen LogP contribution is -2.30. The van der Waals surface area contributed by atoms with Crippen molar-refractivity contribution in [3.63, 3.8) is 0 Å². The highest BCUT2D eigenvalue weighted by Gasteiger charge is 2.23. The van der Waals surface area contributed by atoms with Crippen LogP contribution in [0.25, 0.3) is 0 Å². The van der Waals surface area contributed by atoms with Gasteiger partial charge in [-0.3, -0.25) is 4.79 Å². The number of aryl methyl sites for hydroxylation is 1. The summed E-state index contributed by atoms with van der Waals surface area (Å²) < 4.78 is 5.13. The quantitative estimate of drug-likeness (QED) is 0.491. The first-order valence-electron chi connectivity index (χ1n) is 9.57. The second-order valence-corrected chi connectivity index (χ2v) is 7.94. The van der Waals surface area contributed by atoms with E-state index in [2.05, 4.69) is 26.1 Å². The molecular weight excluding hydrogens is 402 g/mol. The summed E-state index contributed by atoms with van der Waals surface area (Å²) in [6.07, 6.45) is 2.07. The lowest BCUT2D eigenvalue weighted by molar-refractivity contribution is 0.102. The maximum atomic E-state index is 12.8. The molecule has 0 radical (unpaired) electrons. The largest absolute Gasteiger partial charge is 0.338 e. The van der Waals surface area contributed by atoms with Gasteiger partial charge < -0.3 is 20.5 Å². The number of nitrogens with zero attached hydrogens (tertiary/aromatic N) is 2. The predicted molar refractivity (Wildman–Crippen MR) is 115 cm³/mol. The number of urea groups is 1. The number of hydrogen-bond donors (Lipinski definition) is 3. The number of aromatic nitrogens is 2. The second-order valence-electron chi connectivity index (χ2n) is 6.92. The summed E-state index contributed by atoms with van der Waals surface area (Å²) in [5.74, 6) is 1.36. The lowest BCUT2D eigenvalue weighted by atomic mass is 10.2. The zero-order valence-electron chi connectivity index (χ0n) is 16.3. The van der Waals surface area contributed by atoms with Gasteiger partial charge in [-0.25, -0.2) is 4.79 Å². The van der Waals surface area contributed by atoms with Crippen LogP contribution in [0.4, 0.5) is 16.2 Å². The molecule has 30 heavy (non-hydrogen) atoms. The van der Waals surface area contributed by atoms with E-state index in [0.717, 1.165) is 17.7 Å². The van der Waals surface area contributed by atoms with Crippen molar-refractivity contribution < 1.29 is 14.1 Å². The molecule has 1 aliphatic carbocycles. The van der Waals surface area contributed by atoms with Gasteiger partial charge in [0, 0.05) is 22.3 Å². The number of nitrogens with one attached hydrogen (secondary N) is 3. The molecule has 1 aliphatic rings. The maximum absolute atomic E-state index is 12.8. The third-order valence-electron chi connectivity index (χ3n) is 4.37. The molecule has 0 saturated heterocycles. The summed E-state index contributed by atoms with van der Waals surface area (Å²) in [5.41, 5.74) is 1.86. The molecule has 4 rings (SSSR count). The zero-order chi connectivity index (χ0) is 20.9. The van der Waals surface area contributed by atoms with E-state index in [1.165, 1.54) is 11.8 Å². The molecule has 3 aromatic rings. The molecule has 0 unspecified atom stereocenters. The Morgan fingerprint density at radius 2 is 1.77 bits per heavy atom. The van der Waals surface area contributed by atoms with Gasteiger partial charge in [0.25, 0.3) is 5.91 Å². The van der Waals surface area contributed by atoms with Crippen molar-refractivity contribution in [1.29, 1.82) is 0 Å². The maximum Gasteiger partial charge on any atom is 0.319 e. The van der Waals surface area contributed by atoms with Gasteiger partial charge in [-0.1, -0.05) is 17.3 Å². The van der Waals surface area contributed by atoms with Crippen LogP contribution in [0, 0.1) is 6.92 Å². The number of hydrogen-bond acceptors (Lipinski definition) is 6. The van der Waals surface area contributed by atoms with Gasteiger partial charge >= 0.3 is 6.03 Å². The molecule has 0 atom stereocenters. The Bertz CT molecular complexity index is 1050. The highest BCUT2D eigenvalue weighted by atomic mass is 32.2. The summed E-state index contributed by atoms with van der Waals surface area (Å²) in [6, 6.07) is 14.4. The fraction of sp³-hybridized carbons (Fsp3) is 0.238. The first kappa shape index (κ1) is 20.0. The van der Waals surface area contributed by atoms with E-state index < -0.39 is 0 Å². The van der Waals surface area contributed by atoms with Crippen LogP contribution in [-0.4, -0.2) is 28.1 Å². The van der Waals surface area contributed by atoms with Crippen LogP contribution >= 0.6 is 11.8 Å². The number of carbonyl (C=O) groups is 2. The predicted octanol–water partition coefficient (Wildman–Crippen LogP) is 4.21. The van der Waals surface area contributed by atoms with Gasteiger partial charge in [-0.2, -0.15) is 4.98 Å². The summed E-state index contributed by atoms with van der Waals surface area (Å²) in [5, 5.41) is 12.3. The monoisotopic (exact) mass is 423 g/mol. The molecule has 0 bridgehead atoms. The molecule has 2 aromatic carbocycles. The average Bonchev–Trinajstić information content (AvgIpc) is 3.45. The van der Waals surface area contributed by atoms with Gasteiger partial charge in [0.15, 0.2) is 5.82 Å². The smallest absolute Gasteiger partial charge is 0.319 e. The van der Waals surface area contributed by atoms with Crippen molar-refractivity contribution in [2.45, 2.75) is 36.5 Å². The topological polar surface area (TPSA) is 109 Å². The van der Waals surface area contributed by atoms with Crippen molar-refractivity contribution in [1.82, 2.24) is 15.5 Å². The molecule has 0 spiro atoms. The van der Waals surface area contributed by atoms with Crippen LogP contribution < -0.4 is 16.0 Å². The first-order valence-corrected chi connectivity index (χ1v) is 10.6. The summed E-state index contributed by atoms with van der Waals surface area (Å²) >= 11 is 1.46. The fourth-order valence-corrected chi connectivity index (χ4v) is 3.62. The van der Waals surface area contributed by atoms with Crippen molar-refractivity contribution in [3.05, 3.63) is 65.8 Å². The van der Waals surface area contributed by atoms with Gasteiger partial charge in [0.2, 0.25) is 5.89 Å². The van der Waals surface area contributed by atoms with Crippen molar-refractivity contribution in [2.24, 2.45) is 0 Å². The number of thioether (sulfide) groups is 1. The highest BCUT2D eigenvalue weighted by Crippen LogP contribution is 2.27. The van der Waals surface area contributed by atoms with Crippen molar-refractivity contribution in [3.8, 4) is 0 Å². The van der Waals surface area contributed by atoms with E-state index in [1.54, 1.807) is 37.3 Å². The number of carbonyl (C=O) groups excluding carboxylic acids is 2. The molecule has 1 aromatic heterocycles. The molecule has 3 N–H and O–H groups in total. The minimum Gasteiger partial charge on any atom is -0.338 e. The van der Waals surface area contributed by atoms with E-state index in [4.69, 9.17) is 4.52 Å². The number of amides is 3. The van der Waals surface area contributed by atoms with Crippen LogP contribution in [0.3, 0.4) is 0 Å². The summed E-state index contributed by atoms with van der Waals surface area (Å²) in [7, 11) is 0. The molecule has 3 amide bonds. The van der Waals surface area contributed by atoms with Crippen LogP contribution in [-0.2, 0) is 5.75 Å². The lowest BCUT2D eigenvalue weighted by Gasteiger charge is -2.10. The molecule has 154 valence electrons. The van der Waals surface area contributed by atoms with Crippen LogP contribution in [0.2, 0.25) is 0 Å². The van der Waals surface area contributed by atoms with Crippen LogP contribution in [0.15, 0.2) is 57.9 Å².